The lowest BCUT2D eigenvalue weighted by molar-refractivity contribution is -0.138. The lowest BCUT2D eigenvalue weighted by Gasteiger charge is -2.37. The summed E-state index contributed by atoms with van der Waals surface area (Å²) < 4.78 is 0. The minimum atomic E-state index is -0.841. The second-order valence-electron chi connectivity index (χ2n) is 5.08. The van der Waals surface area contributed by atoms with Gasteiger partial charge in [-0.25, -0.2) is 4.79 Å². The Morgan fingerprint density at radius 1 is 1.50 bits per heavy atom. The third kappa shape index (κ3) is 4.40. The molecule has 0 saturated carbocycles. The number of carboxylic acids is 1. The second-order valence-corrected chi connectivity index (χ2v) is 6.23. The zero-order valence-corrected chi connectivity index (χ0v) is 12.1. The van der Waals surface area contributed by atoms with Gasteiger partial charge in [0.15, 0.2) is 0 Å². The lowest BCUT2D eigenvalue weighted by Crippen LogP contribution is -2.52. The van der Waals surface area contributed by atoms with Crippen LogP contribution in [0.15, 0.2) is 0 Å². The van der Waals surface area contributed by atoms with Gasteiger partial charge in [-0.3, -0.25) is 4.79 Å². The summed E-state index contributed by atoms with van der Waals surface area (Å²) in [4.78, 5) is 26.5. The number of hydrogen-bond donors (Lipinski definition) is 1. The van der Waals surface area contributed by atoms with Crippen LogP contribution < -0.4 is 0 Å². The Morgan fingerprint density at radius 3 is 2.72 bits per heavy atom. The smallest absolute Gasteiger partial charge is 0.320 e. The van der Waals surface area contributed by atoms with Crippen molar-refractivity contribution in [1.29, 1.82) is 0 Å². The van der Waals surface area contributed by atoms with Crippen molar-refractivity contribution in [2.24, 2.45) is 5.92 Å². The van der Waals surface area contributed by atoms with Gasteiger partial charge in [-0.1, -0.05) is 13.8 Å². The number of nitrogens with zero attached hydrogens (tertiary/aromatic N) is 2. The summed E-state index contributed by atoms with van der Waals surface area (Å²) in [6.07, 6.45) is 0.0360. The summed E-state index contributed by atoms with van der Waals surface area (Å²) in [6.45, 7) is 5.46. The molecule has 1 saturated heterocycles. The molecule has 0 aromatic heterocycles. The number of thioether (sulfide) groups is 1. The fraction of sp³-hybridized carbons (Fsp3) is 0.833. The highest BCUT2D eigenvalue weighted by molar-refractivity contribution is 7.99. The van der Waals surface area contributed by atoms with E-state index in [9.17, 15) is 9.59 Å². The lowest BCUT2D eigenvalue weighted by atomic mass is 10.2. The molecule has 1 fully saturated rings. The quantitative estimate of drug-likeness (QED) is 0.845. The van der Waals surface area contributed by atoms with E-state index in [1.54, 1.807) is 28.6 Å². The first-order valence-electron chi connectivity index (χ1n) is 6.23. The van der Waals surface area contributed by atoms with E-state index in [0.717, 1.165) is 5.75 Å². The van der Waals surface area contributed by atoms with Crippen molar-refractivity contribution >= 4 is 23.8 Å². The van der Waals surface area contributed by atoms with Crippen molar-refractivity contribution in [3.05, 3.63) is 0 Å². The molecule has 0 aromatic rings. The first-order valence-corrected chi connectivity index (χ1v) is 7.38. The van der Waals surface area contributed by atoms with Gasteiger partial charge in [-0.05, 0) is 5.92 Å². The minimum absolute atomic E-state index is 0.0360. The molecule has 1 atom stereocenters. The largest absolute Gasteiger partial charge is 0.481 e. The normalized spacial score (nSPS) is 20.0. The predicted molar refractivity (Wildman–Crippen MR) is 72.9 cm³/mol. The molecule has 0 aromatic carbocycles. The minimum Gasteiger partial charge on any atom is -0.481 e. The maximum absolute atomic E-state index is 12.3. The maximum atomic E-state index is 12.3. The number of carbonyl (C=O) groups excluding carboxylic acids is 1. The van der Waals surface area contributed by atoms with Crippen LogP contribution in [0.2, 0.25) is 0 Å². The predicted octanol–water partition coefficient (Wildman–Crippen LogP) is 1.59. The van der Waals surface area contributed by atoms with Gasteiger partial charge < -0.3 is 14.9 Å². The molecule has 18 heavy (non-hydrogen) atoms. The number of amides is 2. The van der Waals surface area contributed by atoms with E-state index in [2.05, 4.69) is 13.8 Å². The third-order valence-electron chi connectivity index (χ3n) is 2.85. The molecule has 0 radical (unpaired) electrons. The van der Waals surface area contributed by atoms with E-state index < -0.39 is 5.97 Å². The van der Waals surface area contributed by atoms with Gasteiger partial charge in [0, 0.05) is 31.6 Å². The standard InChI is InChI=1S/C12H22N2O3S/c1-9(2)7-13(3)12(17)14-4-5-18-8-10(14)6-11(15)16/h9-10H,4-8H2,1-3H3,(H,15,16). The van der Waals surface area contributed by atoms with Gasteiger partial charge in [-0.15, -0.1) is 0 Å². The fourth-order valence-corrected chi connectivity index (χ4v) is 3.18. The van der Waals surface area contributed by atoms with Crippen LogP contribution >= 0.6 is 11.8 Å². The molecule has 0 spiro atoms. The van der Waals surface area contributed by atoms with Crippen molar-refractivity contribution in [3.63, 3.8) is 0 Å². The Bertz CT molecular complexity index is 310. The molecule has 2 amide bonds. The van der Waals surface area contributed by atoms with Crippen molar-refractivity contribution < 1.29 is 14.7 Å². The van der Waals surface area contributed by atoms with Crippen molar-refractivity contribution in [3.8, 4) is 0 Å². The van der Waals surface area contributed by atoms with Crippen molar-refractivity contribution in [2.75, 3.05) is 31.6 Å². The van der Waals surface area contributed by atoms with Gasteiger partial charge in [0.05, 0.1) is 12.5 Å². The van der Waals surface area contributed by atoms with E-state index in [1.807, 2.05) is 0 Å². The highest BCUT2D eigenvalue weighted by atomic mass is 32.2. The molecule has 1 heterocycles. The summed E-state index contributed by atoms with van der Waals surface area (Å²) in [5.41, 5.74) is 0. The zero-order valence-electron chi connectivity index (χ0n) is 11.3. The fourth-order valence-electron chi connectivity index (χ4n) is 2.12. The highest BCUT2D eigenvalue weighted by Crippen LogP contribution is 2.20. The maximum Gasteiger partial charge on any atom is 0.320 e. The number of carboxylic acid groups (broad SMARTS) is 1. The van der Waals surface area contributed by atoms with Crippen LogP contribution in [0.5, 0.6) is 0 Å². The summed E-state index contributed by atoms with van der Waals surface area (Å²) >= 11 is 1.72. The molecule has 0 aliphatic carbocycles. The summed E-state index contributed by atoms with van der Waals surface area (Å²) in [7, 11) is 1.78. The van der Waals surface area contributed by atoms with E-state index in [0.29, 0.717) is 24.8 Å². The van der Waals surface area contributed by atoms with Gasteiger partial charge >= 0.3 is 12.0 Å². The number of hydrogen-bond acceptors (Lipinski definition) is 3. The van der Waals surface area contributed by atoms with Gasteiger partial charge in [0.25, 0.3) is 0 Å². The topological polar surface area (TPSA) is 60.9 Å². The Balaban J connectivity index is 2.64. The average molecular weight is 274 g/mol. The number of carbonyl (C=O) groups is 2. The summed E-state index contributed by atoms with van der Waals surface area (Å²) in [5.74, 6) is 1.17. The van der Waals surface area contributed by atoms with E-state index in [-0.39, 0.29) is 18.5 Å². The second kappa shape index (κ2) is 6.87. The van der Waals surface area contributed by atoms with Crippen molar-refractivity contribution in [1.82, 2.24) is 9.80 Å². The van der Waals surface area contributed by atoms with Crippen LogP contribution in [0.3, 0.4) is 0 Å². The first kappa shape index (κ1) is 15.1. The van der Waals surface area contributed by atoms with Crippen LogP contribution in [0.1, 0.15) is 20.3 Å². The van der Waals surface area contributed by atoms with Crippen LogP contribution in [0, 0.1) is 5.92 Å². The number of aliphatic carboxylic acids is 1. The average Bonchev–Trinajstić information content (AvgIpc) is 2.27. The van der Waals surface area contributed by atoms with E-state index in [4.69, 9.17) is 5.11 Å². The Morgan fingerprint density at radius 2 is 2.17 bits per heavy atom. The summed E-state index contributed by atoms with van der Waals surface area (Å²) in [5, 5.41) is 8.89. The monoisotopic (exact) mass is 274 g/mol. The molecule has 104 valence electrons. The number of urea groups is 1. The Labute approximate surface area is 113 Å². The van der Waals surface area contributed by atoms with Crippen molar-refractivity contribution in [2.45, 2.75) is 26.3 Å². The Hall–Kier alpha value is -0.910. The van der Waals surface area contributed by atoms with Crippen LogP contribution in [-0.2, 0) is 4.79 Å². The molecular weight excluding hydrogens is 252 g/mol. The molecule has 1 aliphatic heterocycles. The van der Waals surface area contributed by atoms with Crippen LogP contribution in [-0.4, -0.2) is 64.6 Å². The zero-order chi connectivity index (χ0) is 13.7. The number of rotatable bonds is 4. The van der Waals surface area contributed by atoms with Gasteiger partial charge in [-0.2, -0.15) is 11.8 Å². The molecule has 1 rings (SSSR count). The van der Waals surface area contributed by atoms with E-state index >= 15 is 0 Å². The van der Waals surface area contributed by atoms with Crippen LogP contribution in [0.4, 0.5) is 4.79 Å². The molecule has 5 nitrogen and oxygen atoms in total. The molecule has 1 N–H and O–H groups in total. The first-order chi connectivity index (χ1) is 8.41. The molecule has 0 bridgehead atoms. The van der Waals surface area contributed by atoms with Gasteiger partial charge in [0.2, 0.25) is 0 Å². The molecule has 6 heteroatoms. The van der Waals surface area contributed by atoms with Crippen LogP contribution in [0.25, 0.3) is 0 Å². The van der Waals surface area contributed by atoms with E-state index in [1.165, 1.54) is 0 Å². The molecule has 1 unspecified atom stereocenters. The molecular formula is C12H22N2O3S. The Kier molecular flexibility index (Phi) is 5.78. The van der Waals surface area contributed by atoms with Gasteiger partial charge in [0.1, 0.15) is 0 Å². The summed E-state index contributed by atoms with van der Waals surface area (Å²) in [6, 6.07) is -0.224. The highest BCUT2D eigenvalue weighted by Gasteiger charge is 2.30. The third-order valence-corrected chi connectivity index (χ3v) is 3.94. The molecule has 1 aliphatic rings. The SMILES string of the molecule is CC(C)CN(C)C(=O)N1CCSCC1CC(=O)O.